The SMILES string of the molecule is COc1ccc(SCC(N)c2cccc(OC)c2)cc1. The normalized spacial score (nSPS) is 11.9. The zero-order valence-corrected chi connectivity index (χ0v) is 12.5. The lowest BCUT2D eigenvalue weighted by atomic mass is 10.1. The molecule has 4 heteroatoms. The highest BCUT2D eigenvalue weighted by Gasteiger charge is 2.08. The molecule has 0 radical (unpaired) electrons. The number of hydrogen-bond acceptors (Lipinski definition) is 4. The summed E-state index contributed by atoms with van der Waals surface area (Å²) in [5.74, 6) is 2.53. The maximum atomic E-state index is 6.22. The fourth-order valence-electron chi connectivity index (χ4n) is 1.83. The van der Waals surface area contributed by atoms with Gasteiger partial charge < -0.3 is 15.2 Å². The Bertz CT molecular complexity index is 542. The van der Waals surface area contributed by atoms with Crippen molar-refractivity contribution in [2.75, 3.05) is 20.0 Å². The third-order valence-corrected chi connectivity index (χ3v) is 4.14. The minimum absolute atomic E-state index is 0.0165. The van der Waals surface area contributed by atoms with Gasteiger partial charge in [-0.1, -0.05) is 12.1 Å². The Hall–Kier alpha value is -1.65. The summed E-state index contributed by atoms with van der Waals surface area (Å²) in [6, 6.07) is 15.9. The van der Waals surface area contributed by atoms with E-state index in [1.807, 2.05) is 48.5 Å². The number of hydrogen-bond donors (Lipinski definition) is 1. The predicted octanol–water partition coefficient (Wildman–Crippen LogP) is 3.50. The molecule has 0 heterocycles. The van der Waals surface area contributed by atoms with Crippen molar-refractivity contribution < 1.29 is 9.47 Å². The molecule has 2 aromatic rings. The summed E-state index contributed by atoms with van der Waals surface area (Å²) in [5, 5.41) is 0. The summed E-state index contributed by atoms with van der Waals surface area (Å²) >= 11 is 1.73. The Balaban J connectivity index is 1.95. The minimum Gasteiger partial charge on any atom is -0.497 e. The summed E-state index contributed by atoms with van der Waals surface area (Å²) in [7, 11) is 3.33. The minimum atomic E-state index is -0.0165. The van der Waals surface area contributed by atoms with Crippen LogP contribution in [0.15, 0.2) is 53.4 Å². The van der Waals surface area contributed by atoms with Gasteiger partial charge in [0.15, 0.2) is 0 Å². The van der Waals surface area contributed by atoms with E-state index in [1.54, 1.807) is 26.0 Å². The average molecular weight is 289 g/mol. The van der Waals surface area contributed by atoms with E-state index in [-0.39, 0.29) is 6.04 Å². The molecule has 20 heavy (non-hydrogen) atoms. The zero-order valence-electron chi connectivity index (χ0n) is 11.7. The molecule has 0 amide bonds. The lowest BCUT2D eigenvalue weighted by Crippen LogP contribution is -2.12. The first-order valence-electron chi connectivity index (χ1n) is 6.39. The molecular formula is C16H19NO2S. The Morgan fingerprint density at radius 3 is 2.35 bits per heavy atom. The molecule has 2 rings (SSSR count). The van der Waals surface area contributed by atoms with Crippen LogP contribution in [-0.2, 0) is 0 Å². The van der Waals surface area contributed by atoms with Crippen LogP contribution in [0.25, 0.3) is 0 Å². The van der Waals surface area contributed by atoms with Crippen molar-refractivity contribution in [3.8, 4) is 11.5 Å². The number of methoxy groups -OCH3 is 2. The quantitative estimate of drug-likeness (QED) is 0.827. The van der Waals surface area contributed by atoms with Gasteiger partial charge in [0.1, 0.15) is 11.5 Å². The molecule has 0 fully saturated rings. The molecule has 2 N–H and O–H groups in total. The highest BCUT2D eigenvalue weighted by Crippen LogP contribution is 2.26. The second kappa shape index (κ2) is 7.22. The van der Waals surface area contributed by atoms with Gasteiger partial charge in [-0.15, -0.1) is 11.8 Å². The average Bonchev–Trinajstić information content (AvgIpc) is 2.53. The third kappa shape index (κ3) is 3.92. The molecule has 0 bridgehead atoms. The molecule has 0 aliphatic rings. The molecule has 2 aromatic carbocycles. The van der Waals surface area contributed by atoms with Crippen molar-refractivity contribution in [3.63, 3.8) is 0 Å². The Kier molecular flexibility index (Phi) is 5.32. The number of ether oxygens (including phenoxy) is 2. The fraction of sp³-hybridized carbons (Fsp3) is 0.250. The van der Waals surface area contributed by atoms with E-state index in [1.165, 1.54) is 4.90 Å². The van der Waals surface area contributed by atoms with E-state index < -0.39 is 0 Å². The maximum Gasteiger partial charge on any atom is 0.119 e. The van der Waals surface area contributed by atoms with E-state index in [0.717, 1.165) is 22.8 Å². The Labute approximate surface area is 124 Å². The van der Waals surface area contributed by atoms with E-state index in [0.29, 0.717) is 0 Å². The number of benzene rings is 2. The highest BCUT2D eigenvalue weighted by atomic mass is 32.2. The zero-order chi connectivity index (χ0) is 14.4. The van der Waals surface area contributed by atoms with Crippen LogP contribution in [0.4, 0.5) is 0 Å². The Morgan fingerprint density at radius 2 is 1.70 bits per heavy atom. The predicted molar refractivity (Wildman–Crippen MR) is 83.6 cm³/mol. The van der Waals surface area contributed by atoms with Gasteiger partial charge >= 0.3 is 0 Å². The topological polar surface area (TPSA) is 44.5 Å². The van der Waals surface area contributed by atoms with Crippen LogP contribution in [0.3, 0.4) is 0 Å². The fourth-order valence-corrected chi connectivity index (χ4v) is 2.72. The van der Waals surface area contributed by atoms with Crippen LogP contribution in [0, 0.1) is 0 Å². The standard InChI is InChI=1S/C16H19NO2S/c1-18-13-6-8-15(9-7-13)20-11-16(17)12-4-3-5-14(10-12)19-2/h3-10,16H,11,17H2,1-2H3. The molecule has 0 saturated heterocycles. The van der Waals surface area contributed by atoms with Crippen LogP contribution in [0.1, 0.15) is 11.6 Å². The van der Waals surface area contributed by atoms with Crippen LogP contribution >= 0.6 is 11.8 Å². The maximum absolute atomic E-state index is 6.22. The lowest BCUT2D eigenvalue weighted by Gasteiger charge is -2.13. The molecule has 0 aliphatic carbocycles. The summed E-state index contributed by atoms with van der Waals surface area (Å²) in [5.41, 5.74) is 7.31. The van der Waals surface area contributed by atoms with E-state index >= 15 is 0 Å². The highest BCUT2D eigenvalue weighted by molar-refractivity contribution is 7.99. The van der Waals surface area contributed by atoms with Crippen LogP contribution in [0.2, 0.25) is 0 Å². The first-order chi connectivity index (χ1) is 9.72. The molecule has 1 atom stereocenters. The summed E-state index contributed by atoms with van der Waals surface area (Å²) in [6.45, 7) is 0. The molecule has 0 spiro atoms. The summed E-state index contributed by atoms with van der Waals surface area (Å²) in [4.78, 5) is 1.18. The van der Waals surface area contributed by atoms with Gasteiger partial charge in [-0.2, -0.15) is 0 Å². The molecular weight excluding hydrogens is 270 g/mol. The van der Waals surface area contributed by atoms with Gasteiger partial charge in [-0.25, -0.2) is 0 Å². The second-order valence-electron chi connectivity index (χ2n) is 4.37. The monoisotopic (exact) mass is 289 g/mol. The number of thioether (sulfide) groups is 1. The van der Waals surface area contributed by atoms with Gasteiger partial charge in [0.2, 0.25) is 0 Å². The molecule has 0 saturated carbocycles. The van der Waals surface area contributed by atoms with Gasteiger partial charge in [0.05, 0.1) is 14.2 Å². The van der Waals surface area contributed by atoms with Crippen molar-refractivity contribution in [1.82, 2.24) is 0 Å². The van der Waals surface area contributed by atoms with Gasteiger partial charge in [0, 0.05) is 16.7 Å². The summed E-state index contributed by atoms with van der Waals surface area (Å²) in [6.07, 6.45) is 0. The number of nitrogens with two attached hydrogens (primary N) is 1. The molecule has 1 unspecified atom stereocenters. The van der Waals surface area contributed by atoms with Crippen molar-refractivity contribution in [2.45, 2.75) is 10.9 Å². The van der Waals surface area contributed by atoms with Crippen LogP contribution in [-0.4, -0.2) is 20.0 Å². The van der Waals surface area contributed by atoms with E-state index in [9.17, 15) is 0 Å². The third-order valence-electron chi connectivity index (χ3n) is 3.01. The van der Waals surface area contributed by atoms with Gasteiger partial charge in [-0.05, 0) is 42.0 Å². The summed E-state index contributed by atoms with van der Waals surface area (Å²) < 4.78 is 10.4. The van der Waals surface area contributed by atoms with Gasteiger partial charge in [0.25, 0.3) is 0 Å². The Morgan fingerprint density at radius 1 is 1.00 bits per heavy atom. The van der Waals surface area contributed by atoms with Gasteiger partial charge in [-0.3, -0.25) is 0 Å². The molecule has 0 aliphatic heterocycles. The van der Waals surface area contributed by atoms with Crippen LogP contribution < -0.4 is 15.2 Å². The molecule has 0 aromatic heterocycles. The van der Waals surface area contributed by atoms with Crippen molar-refractivity contribution in [3.05, 3.63) is 54.1 Å². The van der Waals surface area contributed by atoms with E-state index in [4.69, 9.17) is 15.2 Å². The number of rotatable bonds is 6. The molecule has 106 valence electrons. The lowest BCUT2D eigenvalue weighted by molar-refractivity contribution is 0.414. The first kappa shape index (κ1) is 14.8. The second-order valence-corrected chi connectivity index (χ2v) is 5.46. The largest absolute Gasteiger partial charge is 0.497 e. The van der Waals surface area contributed by atoms with Crippen molar-refractivity contribution >= 4 is 11.8 Å². The smallest absolute Gasteiger partial charge is 0.119 e. The van der Waals surface area contributed by atoms with E-state index in [2.05, 4.69) is 0 Å². The van der Waals surface area contributed by atoms with Crippen molar-refractivity contribution in [1.29, 1.82) is 0 Å². The van der Waals surface area contributed by atoms with Crippen molar-refractivity contribution in [2.24, 2.45) is 5.73 Å². The van der Waals surface area contributed by atoms with Crippen LogP contribution in [0.5, 0.6) is 11.5 Å². The molecule has 3 nitrogen and oxygen atoms in total. The first-order valence-corrected chi connectivity index (χ1v) is 7.38.